The first kappa shape index (κ1) is 17.8. The highest BCUT2D eigenvalue weighted by Crippen LogP contribution is 2.24. The molecule has 8 nitrogen and oxygen atoms in total. The summed E-state index contributed by atoms with van der Waals surface area (Å²) in [5.74, 6) is 0.109. The normalized spacial score (nSPS) is 17.8. The van der Waals surface area contributed by atoms with Crippen LogP contribution in [0.3, 0.4) is 0 Å². The van der Waals surface area contributed by atoms with Gasteiger partial charge in [0.05, 0.1) is 23.1 Å². The van der Waals surface area contributed by atoms with Gasteiger partial charge in [0.25, 0.3) is 5.88 Å². The maximum Gasteiger partial charge on any atom is 0.251 e. The van der Waals surface area contributed by atoms with Crippen LogP contribution in [0.25, 0.3) is 0 Å². The Kier molecular flexibility index (Phi) is 5.12. The SMILES string of the molecule is N#Cc1ccc(S(=O)(=O)N2CCC[C@H](Oc3nccnc3C#N)C2)cc1. The molecule has 2 aromatic rings. The first-order valence-electron chi connectivity index (χ1n) is 7.92. The molecule has 0 spiro atoms. The van der Waals surface area contributed by atoms with Crippen molar-refractivity contribution in [3.63, 3.8) is 0 Å². The lowest BCUT2D eigenvalue weighted by Crippen LogP contribution is -2.44. The second-order valence-electron chi connectivity index (χ2n) is 5.70. The number of ether oxygens (including phenoxy) is 1. The molecule has 1 saturated heterocycles. The largest absolute Gasteiger partial charge is 0.471 e. The molecule has 0 aliphatic carbocycles. The van der Waals surface area contributed by atoms with Crippen molar-refractivity contribution in [1.82, 2.24) is 14.3 Å². The molecule has 0 bridgehead atoms. The second kappa shape index (κ2) is 7.48. The van der Waals surface area contributed by atoms with Crippen LogP contribution in [0.4, 0.5) is 0 Å². The molecule has 0 amide bonds. The number of aromatic nitrogens is 2. The van der Waals surface area contributed by atoms with Gasteiger partial charge in [-0.2, -0.15) is 14.8 Å². The van der Waals surface area contributed by atoms with E-state index in [1.165, 1.54) is 41.0 Å². The number of nitriles is 2. The third kappa shape index (κ3) is 3.64. The zero-order chi connectivity index (χ0) is 18.6. The van der Waals surface area contributed by atoms with Crippen molar-refractivity contribution in [2.24, 2.45) is 0 Å². The van der Waals surface area contributed by atoms with E-state index in [1.54, 1.807) is 0 Å². The minimum atomic E-state index is -3.69. The molecule has 132 valence electrons. The van der Waals surface area contributed by atoms with Gasteiger partial charge in [0.2, 0.25) is 15.7 Å². The molecular formula is C17H15N5O3S. The first-order chi connectivity index (χ1) is 12.5. The van der Waals surface area contributed by atoms with E-state index in [4.69, 9.17) is 15.3 Å². The standard InChI is InChI=1S/C17H15N5O3S/c18-10-13-3-5-15(6-4-13)26(23,24)22-9-1-2-14(12-22)25-17-16(11-19)20-7-8-21-17/h3-8,14H,1-2,9,12H2/t14-/m0/s1. The Bertz CT molecular complexity index is 977. The molecule has 3 rings (SSSR count). The number of sulfonamides is 1. The summed E-state index contributed by atoms with van der Waals surface area (Å²) in [6.45, 7) is 0.539. The van der Waals surface area contributed by atoms with E-state index < -0.39 is 16.1 Å². The smallest absolute Gasteiger partial charge is 0.251 e. The average Bonchev–Trinajstić information content (AvgIpc) is 2.68. The molecule has 26 heavy (non-hydrogen) atoms. The van der Waals surface area contributed by atoms with Gasteiger partial charge in [-0.3, -0.25) is 0 Å². The van der Waals surface area contributed by atoms with Crippen molar-refractivity contribution in [2.75, 3.05) is 13.1 Å². The summed E-state index contributed by atoms with van der Waals surface area (Å²) in [5, 5.41) is 17.9. The molecule has 1 aromatic heterocycles. The minimum Gasteiger partial charge on any atom is -0.471 e. The third-order valence-electron chi connectivity index (χ3n) is 4.01. The topological polar surface area (TPSA) is 120 Å². The molecule has 1 aliphatic rings. The Morgan fingerprint density at radius 3 is 2.54 bits per heavy atom. The van der Waals surface area contributed by atoms with Crippen LogP contribution in [0.15, 0.2) is 41.6 Å². The van der Waals surface area contributed by atoms with E-state index in [-0.39, 0.29) is 23.0 Å². The third-order valence-corrected chi connectivity index (χ3v) is 5.89. The van der Waals surface area contributed by atoms with E-state index in [0.29, 0.717) is 24.9 Å². The van der Waals surface area contributed by atoms with Crippen LogP contribution < -0.4 is 4.74 Å². The Morgan fingerprint density at radius 2 is 1.85 bits per heavy atom. The Labute approximate surface area is 151 Å². The first-order valence-corrected chi connectivity index (χ1v) is 9.36. The van der Waals surface area contributed by atoms with Crippen LogP contribution in [0.2, 0.25) is 0 Å². The van der Waals surface area contributed by atoms with E-state index in [9.17, 15) is 8.42 Å². The van der Waals surface area contributed by atoms with Crippen LogP contribution in [-0.2, 0) is 10.0 Å². The predicted octanol–water partition coefficient (Wildman–Crippen LogP) is 1.45. The molecule has 1 aromatic carbocycles. The summed E-state index contributed by atoms with van der Waals surface area (Å²) in [5.41, 5.74) is 0.468. The highest BCUT2D eigenvalue weighted by atomic mass is 32.2. The van der Waals surface area contributed by atoms with E-state index in [1.807, 2.05) is 12.1 Å². The van der Waals surface area contributed by atoms with Gasteiger partial charge in [0.1, 0.15) is 12.2 Å². The van der Waals surface area contributed by atoms with Gasteiger partial charge in [-0.25, -0.2) is 18.4 Å². The molecule has 0 unspecified atom stereocenters. The van der Waals surface area contributed by atoms with Gasteiger partial charge in [-0.05, 0) is 37.1 Å². The summed E-state index contributed by atoms with van der Waals surface area (Å²) in [7, 11) is -3.69. The van der Waals surface area contributed by atoms with Crippen molar-refractivity contribution < 1.29 is 13.2 Å². The van der Waals surface area contributed by atoms with Gasteiger partial charge < -0.3 is 4.74 Å². The molecule has 0 radical (unpaired) electrons. The van der Waals surface area contributed by atoms with Crippen LogP contribution in [0, 0.1) is 22.7 Å². The highest BCUT2D eigenvalue weighted by molar-refractivity contribution is 7.89. The fraction of sp³-hybridized carbons (Fsp3) is 0.294. The molecule has 1 atom stereocenters. The van der Waals surface area contributed by atoms with Crippen molar-refractivity contribution in [2.45, 2.75) is 23.8 Å². The number of piperidine rings is 1. The van der Waals surface area contributed by atoms with Gasteiger partial charge in [-0.1, -0.05) is 0 Å². The summed E-state index contributed by atoms with van der Waals surface area (Å²) < 4.78 is 32.7. The Hall–Kier alpha value is -3.01. The van der Waals surface area contributed by atoms with Crippen LogP contribution in [-0.4, -0.2) is 41.9 Å². The van der Waals surface area contributed by atoms with Gasteiger partial charge in [-0.15, -0.1) is 0 Å². The van der Waals surface area contributed by atoms with Crippen molar-refractivity contribution >= 4 is 10.0 Å². The zero-order valence-corrected chi connectivity index (χ0v) is 14.6. The number of hydrogen-bond acceptors (Lipinski definition) is 7. The lowest BCUT2D eigenvalue weighted by Gasteiger charge is -2.31. The van der Waals surface area contributed by atoms with Crippen LogP contribution in [0.1, 0.15) is 24.1 Å². The molecule has 1 aliphatic heterocycles. The lowest BCUT2D eigenvalue weighted by atomic mass is 10.1. The fourth-order valence-corrected chi connectivity index (χ4v) is 4.23. The summed E-state index contributed by atoms with van der Waals surface area (Å²) in [6.07, 6.45) is 3.68. The number of rotatable bonds is 4. The fourth-order valence-electron chi connectivity index (χ4n) is 2.72. The summed E-state index contributed by atoms with van der Waals surface area (Å²) in [4.78, 5) is 8.02. The predicted molar refractivity (Wildman–Crippen MR) is 90.3 cm³/mol. The molecule has 0 saturated carbocycles. The van der Waals surface area contributed by atoms with Gasteiger partial charge in [0, 0.05) is 18.9 Å². The Morgan fingerprint density at radius 1 is 1.12 bits per heavy atom. The van der Waals surface area contributed by atoms with E-state index in [0.717, 1.165) is 0 Å². The maximum atomic E-state index is 12.8. The second-order valence-corrected chi connectivity index (χ2v) is 7.64. The molecule has 2 heterocycles. The minimum absolute atomic E-state index is 0.0690. The van der Waals surface area contributed by atoms with Crippen molar-refractivity contribution in [3.8, 4) is 18.0 Å². The molecular weight excluding hydrogens is 354 g/mol. The highest BCUT2D eigenvalue weighted by Gasteiger charge is 2.31. The quantitative estimate of drug-likeness (QED) is 0.800. The summed E-state index contributed by atoms with van der Waals surface area (Å²) in [6, 6.07) is 9.67. The van der Waals surface area contributed by atoms with Crippen LogP contribution in [0.5, 0.6) is 5.88 Å². The van der Waals surface area contributed by atoms with E-state index >= 15 is 0 Å². The Balaban J connectivity index is 1.77. The van der Waals surface area contributed by atoms with Crippen molar-refractivity contribution in [1.29, 1.82) is 10.5 Å². The number of hydrogen-bond donors (Lipinski definition) is 0. The van der Waals surface area contributed by atoms with Crippen LogP contribution >= 0.6 is 0 Å². The molecule has 1 fully saturated rings. The molecule has 9 heteroatoms. The maximum absolute atomic E-state index is 12.8. The number of benzene rings is 1. The van der Waals surface area contributed by atoms with E-state index in [2.05, 4.69) is 9.97 Å². The van der Waals surface area contributed by atoms with Crippen molar-refractivity contribution in [3.05, 3.63) is 47.9 Å². The lowest BCUT2D eigenvalue weighted by molar-refractivity contribution is 0.124. The van der Waals surface area contributed by atoms with Gasteiger partial charge in [0.15, 0.2) is 0 Å². The van der Waals surface area contributed by atoms with Gasteiger partial charge >= 0.3 is 0 Å². The average molecular weight is 369 g/mol. The zero-order valence-electron chi connectivity index (χ0n) is 13.7. The number of nitrogens with zero attached hydrogens (tertiary/aromatic N) is 5. The monoisotopic (exact) mass is 369 g/mol. The molecule has 0 N–H and O–H groups in total. The summed E-state index contributed by atoms with van der Waals surface area (Å²) >= 11 is 0.